The van der Waals surface area contributed by atoms with Crippen molar-refractivity contribution in [1.29, 1.82) is 0 Å². The highest BCUT2D eigenvalue weighted by molar-refractivity contribution is 7.99. The van der Waals surface area contributed by atoms with Crippen molar-refractivity contribution in [1.82, 2.24) is 5.01 Å². The molecule has 0 aromatic carbocycles. The summed E-state index contributed by atoms with van der Waals surface area (Å²) >= 11 is 1.84. The molecule has 2 atom stereocenters. The van der Waals surface area contributed by atoms with Crippen LogP contribution in [-0.4, -0.2) is 48.5 Å². The Morgan fingerprint density at radius 3 is 2.89 bits per heavy atom. The van der Waals surface area contributed by atoms with Gasteiger partial charge in [0.25, 0.3) is 0 Å². The molecular formula is C15H23N2OS. The molecular weight excluding hydrogens is 256 g/mol. The summed E-state index contributed by atoms with van der Waals surface area (Å²) in [5.74, 6) is 1.24. The number of methoxy groups -OCH3 is 1. The largest absolute Gasteiger partial charge is 0.382 e. The molecule has 2 rings (SSSR count). The summed E-state index contributed by atoms with van der Waals surface area (Å²) < 4.78 is 5.30. The quantitative estimate of drug-likeness (QED) is 0.699. The Balaban J connectivity index is 2.09. The smallest absolute Gasteiger partial charge is 0.0704 e. The first-order valence-electron chi connectivity index (χ1n) is 6.85. The van der Waals surface area contributed by atoms with Gasteiger partial charge in [-0.3, -0.25) is 5.01 Å². The minimum atomic E-state index is 0.409. The standard InChI is InChI=1S/C15H23N2OS/c1-12(19-3)15(13-7-4-5-8-13)16-17-10-6-9-14(17)11-18-2/h4-5,7-8,12,14H,6,9-11H2,1-3H3/b16-15+/t12-,14-/m0/s1. The van der Waals surface area contributed by atoms with Gasteiger partial charge in [0.05, 0.1) is 18.4 Å². The van der Waals surface area contributed by atoms with Crippen LogP contribution in [0.3, 0.4) is 0 Å². The summed E-state index contributed by atoms with van der Waals surface area (Å²) in [6, 6.07) is 0.434. The molecule has 2 aliphatic rings. The van der Waals surface area contributed by atoms with Gasteiger partial charge in [-0.1, -0.05) is 0 Å². The van der Waals surface area contributed by atoms with Crippen molar-refractivity contribution < 1.29 is 4.74 Å². The van der Waals surface area contributed by atoms with Gasteiger partial charge in [-0.05, 0) is 51.7 Å². The molecule has 1 saturated heterocycles. The maximum absolute atomic E-state index is 5.30. The summed E-state index contributed by atoms with van der Waals surface area (Å²) in [5.41, 5.74) is 1.18. The molecule has 1 heterocycles. The van der Waals surface area contributed by atoms with E-state index < -0.39 is 0 Å². The monoisotopic (exact) mass is 279 g/mol. The first-order valence-corrected chi connectivity index (χ1v) is 8.14. The minimum absolute atomic E-state index is 0.409. The maximum atomic E-state index is 5.30. The van der Waals surface area contributed by atoms with Gasteiger partial charge in [0.15, 0.2) is 0 Å². The van der Waals surface area contributed by atoms with Crippen LogP contribution in [0.4, 0.5) is 0 Å². The first kappa shape index (κ1) is 15.2. The van der Waals surface area contributed by atoms with Gasteiger partial charge in [0.2, 0.25) is 0 Å². The highest BCUT2D eigenvalue weighted by Crippen LogP contribution is 2.30. The number of hydrazone groups is 1. The Bertz CT molecular complexity index is 303. The fraction of sp³-hybridized carbons (Fsp3) is 0.600. The van der Waals surface area contributed by atoms with E-state index in [-0.39, 0.29) is 0 Å². The second-order valence-corrected chi connectivity index (χ2v) is 6.13. The number of nitrogens with zero attached hydrogens (tertiary/aromatic N) is 2. The molecule has 5 radical (unpaired) electrons. The Morgan fingerprint density at radius 2 is 2.26 bits per heavy atom. The second-order valence-electron chi connectivity index (χ2n) is 4.95. The van der Waals surface area contributed by atoms with Gasteiger partial charge in [0, 0.05) is 24.8 Å². The summed E-state index contributed by atoms with van der Waals surface area (Å²) in [4.78, 5) is 0. The summed E-state index contributed by atoms with van der Waals surface area (Å²) in [5, 5.41) is 7.57. The van der Waals surface area contributed by atoms with E-state index in [0.29, 0.717) is 11.3 Å². The lowest BCUT2D eigenvalue weighted by Gasteiger charge is -2.26. The number of ether oxygens (including phenoxy) is 1. The average Bonchev–Trinajstić information content (AvgIpc) is 3.07. The third-order valence-electron chi connectivity index (χ3n) is 3.64. The van der Waals surface area contributed by atoms with Gasteiger partial charge in [-0.2, -0.15) is 16.9 Å². The summed E-state index contributed by atoms with van der Waals surface area (Å²) in [7, 11) is 1.77. The molecule has 0 aromatic rings. The van der Waals surface area contributed by atoms with Crippen LogP contribution in [0.5, 0.6) is 0 Å². The van der Waals surface area contributed by atoms with Gasteiger partial charge in [-0.25, -0.2) is 0 Å². The zero-order valence-electron chi connectivity index (χ0n) is 12.0. The predicted molar refractivity (Wildman–Crippen MR) is 82.5 cm³/mol. The fourth-order valence-electron chi connectivity index (χ4n) is 2.48. The average molecular weight is 279 g/mol. The lowest BCUT2D eigenvalue weighted by molar-refractivity contribution is 0.118. The van der Waals surface area contributed by atoms with Crippen LogP contribution in [0, 0.1) is 31.6 Å². The first-order chi connectivity index (χ1) is 9.26. The lowest BCUT2D eigenvalue weighted by atomic mass is 9.99. The molecule has 1 saturated carbocycles. The number of hydrogen-bond donors (Lipinski definition) is 0. The van der Waals surface area contributed by atoms with Crippen molar-refractivity contribution >= 4 is 17.5 Å². The van der Waals surface area contributed by atoms with E-state index in [1.54, 1.807) is 7.11 Å². The van der Waals surface area contributed by atoms with Crippen molar-refractivity contribution in [2.75, 3.05) is 26.5 Å². The number of thioether (sulfide) groups is 1. The topological polar surface area (TPSA) is 24.8 Å². The van der Waals surface area contributed by atoms with E-state index in [4.69, 9.17) is 9.84 Å². The lowest BCUT2D eigenvalue weighted by Crippen LogP contribution is -2.32. The molecule has 0 amide bonds. The van der Waals surface area contributed by atoms with E-state index in [9.17, 15) is 0 Å². The van der Waals surface area contributed by atoms with Crippen LogP contribution in [-0.2, 0) is 4.74 Å². The van der Waals surface area contributed by atoms with Gasteiger partial charge < -0.3 is 4.74 Å². The van der Waals surface area contributed by atoms with Crippen LogP contribution < -0.4 is 0 Å². The molecule has 4 heteroatoms. The van der Waals surface area contributed by atoms with E-state index in [1.807, 2.05) is 11.8 Å². The van der Waals surface area contributed by atoms with Gasteiger partial charge >= 0.3 is 0 Å². The maximum Gasteiger partial charge on any atom is 0.0704 e. The fourth-order valence-corrected chi connectivity index (χ4v) is 2.89. The van der Waals surface area contributed by atoms with Gasteiger partial charge in [0.1, 0.15) is 0 Å². The zero-order chi connectivity index (χ0) is 13.7. The van der Waals surface area contributed by atoms with E-state index >= 15 is 0 Å². The molecule has 3 nitrogen and oxygen atoms in total. The molecule has 105 valence electrons. The van der Waals surface area contributed by atoms with Crippen molar-refractivity contribution in [2.24, 2.45) is 5.10 Å². The minimum Gasteiger partial charge on any atom is -0.382 e. The second kappa shape index (κ2) is 7.53. The third kappa shape index (κ3) is 3.88. The molecule has 0 unspecified atom stereocenters. The third-order valence-corrected chi connectivity index (χ3v) is 4.57. The Labute approximate surface area is 122 Å². The van der Waals surface area contributed by atoms with Crippen LogP contribution in [0.1, 0.15) is 19.8 Å². The van der Waals surface area contributed by atoms with Crippen LogP contribution in [0.25, 0.3) is 0 Å². The van der Waals surface area contributed by atoms with Crippen molar-refractivity contribution in [3.63, 3.8) is 0 Å². The van der Waals surface area contributed by atoms with Gasteiger partial charge in [-0.15, -0.1) is 0 Å². The Morgan fingerprint density at radius 1 is 1.53 bits per heavy atom. The normalized spacial score (nSPS) is 27.2. The van der Waals surface area contributed by atoms with Crippen LogP contribution in [0.2, 0.25) is 0 Å². The SMILES string of the molecule is COC[C@@H]1CCCN1/N=C(/[C]1[CH][CH][CH][CH]1)[C@H](C)SC. The summed E-state index contributed by atoms with van der Waals surface area (Å²) in [6.07, 6.45) is 13.0. The highest BCUT2D eigenvalue weighted by Gasteiger charge is 2.29. The molecule has 0 bridgehead atoms. The van der Waals surface area contributed by atoms with E-state index in [1.165, 1.54) is 24.5 Å². The zero-order valence-corrected chi connectivity index (χ0v) is 12.8. The van der Waals surface area contributed by atoms with Crippen molar-refractivity contribution in [3.8, 4) is 0 Å². The predicted octanol–water partition coefficient (Wildman–Crippen LogP) is 2.61. The van der Waals surface area contributed by atoms with E-state index in [0.717, 1.165) is 13.2 Å². The number of hydrogen-bond acceptors (Lipinski definition) is 4. The van der Waals surface area contributed by atoms with Crippen LogP contribution >= 0.6 is 11.8 Å². The summed E-state index contributed by atoms with van der Waals surface area (Å²) in [6.45, 7) is 4.03. The van der Waals surface area contributed by atoms with E-state index in [2.05, 4.69) is 43.9 Å². The molecule has 19 heavy (non-hydrogen) atoms. The molecule has 0 spiro atoms. The molecule has 0 N–H and O–H groups in total. The Kier molecular flexibility index (Phi) is 6.02. The highest BCUT2D eigenvalue weighted by atomic mass is 32.2. The molecule has 1 aliphatic carbocycles. The number of rotatable bonds is 6. The Hall–Kier alpha value is -0.220. The molecule has 0 aromatic heterocycles. The molecule has 1 aliphatic heterocycles. The van der Waals surface area contributed by atoms with Crippen molar-refractivity contribution in [3.05, 3.63) is 31.6 Å². The van der Waals surface area contributed by atoms with Crippen molar-refractivity contribution in [2.45, 2.75) is 31.1 Å². The van der Waals surface area contributed by atoms with Crippen LogP contribution in [0.15, 0.2) is 5.10 Å². The molecule has 2 fully saturated rings.